The second kappa shape index (κ2) is 6.83. The highest BCUT2D eigenvalue weighted by atomic mass is 79.9. The van der Waals surface area contributed by atoms with Crippen molar-refractivity contribution in [2.75, 3.05) is 6.54 Å². The smallest absolute Gasteiger partial charge is 0.142 e. The minimum Gasteiger partial charge on any atom is -0.306 e. The van der Waals surface area contributed by atoms with Crippen LogP contribution >= 0.6 is 31.9 Å². The highest BCUT2D eigenvalue weighted by Crippen LogP contribution is 2.31. The lowest BCUT2D eigenvalue weighted by Crippen LogP contribution is -2.24. The molecule has 2 aromatic rings. The van der Waals surface area contributed by atoms with Gasteiger partial charge in [-0.25, -0.2) is 4.39 Å². The summed E-state index contributed by atoms with van der Waals surface area (Å²) in [5.74, 6) is -0.210. The van der Waals surface area contributed by atoms with Crippen LogP contribution in [0.1, 0.15) is 29.7 Å². The van der Waals surface area contributed by atoms with Crippen LogP contribution in [0.25, 0.3) is 0 Å². The summed E-state index contributed by atoms with van der Waals surface area (Å²) in [6.45, 7) is 4.83. The summed E-state index contributed by atoms with van der Waals surface area (Å²) in [7, 11) is 0. The first-order valence-electron chi connectivity index (χ1n) is 6.48. The van der Waals surface area contributed by atoms with E-state index in [-0.39, 0.29) is 11.9 Å². The van der Waals surface area contributed by atoms with Crippen LogP contribution in [-0.2, 0) is 0 Å². The van der Waals surface area contributed by atoms with Gasteiger partial charge >= 0.3 is 0 Å². The summed E-state index contributed by atoms with van der Waals surface area (Å²) < 4.78 is 15.9. The second-order valence-corrected chi connectivity index (χ2v) is 6.40. The zero-order chi connectivity index (χ0) is 14.7. The predicted octanol–water partition coefficient (Wildman–Crippen LogP) is 5.36. The van der Waals surface area contributed by atoms with Gasteiger partial charge < -0.3 is 5.32 Å². The Labute approximate surface area is 135 Å². The SMILES string of the molecule is CCNC(c1cc(Br)ccc1C)c1cccc(Br)c1F. The topological polar surface area (TPSA) is 12.0 Å². The first-order chi connectivity index (χ1) is 9.54. The van der Waals surface area contributed by atoms with E-state index in [1.807, 2.05) is 44.2 Å². The van der Waals surface area contributed by atoms with Crippen LogP contribution in [0, 0.1) is 12.7 Å². The van der Waals surface area contributed by atoms with Crippen LogP contribution in [0.15, 0.2) is 45.3 Å². The van der Waals surface area contributed by atoms with Gasteiger partial charge in [0.05, 0.1) is 10.5 Å². The van der Waals surface area contributed by atoms with E-state index in [4.69, 9.17) is 0 Å². The highest BCUT2D eigenvalue weighted by Gasteiger charge is 2.20. The van der Waals surface area contributed by atoms with Crippen molar-refractivity contribution in [1.29, 1.82) is 0 Å². The van der Waals surface area contributed by atoms with Crippen LogP contribution in [-0.4, -0.2) is 6.54 Å². The molecule has 2 aromatic carbocycles. The van der Waals surface area contributed by atoms with E-state index in [0.29, 0.717) is 10.0 Å². The van der Waals surface area contributed by atoms with Gasteiger partial charge in [0.1, 0.15) is 5.82 Å². The Morgan fingerprint density at radius 2 is 1.90 bits per heavy atom. The molecule has 0 radical (unpaired) electrons. The zero-order valence-electron chi connectivity index (χ0n) is 11.4. The Morgan fingerprint density at radius 1 is 1.15 bits per heavy atom. The Bertz CT molecular complexity index is 611. The molecular formula is C16H16Br2FN. The number of hydrogen-bond donors (Lipinski definition) is 1. The third-order valence-corrected chi connectivity index (χ3v) is 4.36. The van der Waals surface area contributed by atoms with Gasteiger partial charge in [-0.1, -0.05) is 41.1 Å². The van der Waals surface area contributed by atoms with E-state index in [0.717, 1.165) is 22.1 Å². The average Bonchev–Trinajstić information content (AvgIpc) is 2.43. The minimum absolute atomic E-state index is 0.157. The van der Waals surface area contributed by atoms with Crippen LogP contribution in [0.5, 0.6) is 0 Å². The van der Waals surface area contributed by atoms with Crippen LogP contribution < -0.4 is 5.32 Å². The summed E-state index contributed by atoms with van der Waals surface area (Å²) in [5.41, 5.74) is 2.87. The molecule has 1 N–H and O–H groups in total. The molecule has 1 unspecified atom stereocenters. The first kappa shape index (κ1) is 15.7. The van der Waals surface area contributed by atoms with Gasteiger partial charge in [-0.3, -0.25) is 0 Å². The number of rotatable bonds is 4. The Hall–Kier alpha value is -0.710. The Balaban J connectivity index is 2.56. The van der Waals surface area contributed by atoms with Crippen molar-refractivity contribution in [2.45, 2.75) is 19.9 Å². The van der Waals surface area contributed by atoms with Crippen molar-refractivity contribution in [1.82, 2.24) is 5.32 Å². The predicted molar refractivity (Wildman–Crippen MR) is 88.5 cm³/mol. The van der Waals surface area contributed by atoms with Gasteiger partial charge in [-0.2, -0.15) is 0 Å². The fourth-order valence-electron chi connectivity index (χ4n) is 2.26. The number of nitrogens with one attached hydrogen (secondary N) is 1. The van der Waals surface area contributed by atoms with Gasteiger partial charge in [-0.05, 0) is 58.7 Å². The van der Waals surface area contributed by atoms with Crippen molar-refractivity contribution < 1.29 is 4.39 Å². The molecule has 0 saturated heterocycles. The molecule has 0 amide bonds. The molecular weight excluding hydrogens is 385 g/mol. The van der Waals surface area contributed by atoms with Crippen molar-refractivity contribution in [3.05, 3.63) is 67.9 Å². The van der Waals surface area contributed by atoms with E-state index in [1.54, 1.807) is 6.07 Å². The van der Waals surface area contributed by atoms with Gasteiger partial charge in [-0.15, -0.1) is 0 Å². The van der Waals surface area contributed by atoms with Crippen LogP contribution in [0.4, 0.5) is 4.39 Å². The molecule has 1 atom stereocenters. The van der Waals surface area contributed by atoms with Crippen LogP contribution in [0.3, 0.4) is 0 Å². The summed E-state index contributed by atoms with van der Waals surface area (Å²) in [6.07, 6.45) is 0. The number of aryl methyl sites for hydroxylation is 1. The zero-order valence-corrected chi connectivity index (χ0v) is 14.6. The number of benzene rings is 2. The summed E-state index contributed by atoms with van der Waals surface area (Å²) >= 11 is 6.75. The van der Waals surface area contributed by atoms with Crippen molar-refractivity contribution >= 4 is 31.9 Å². The van der Waals surface area contributed by atoms with Crippen molar-refractivity contribution in [3.63, 3.8) is 0 Å². The highest BCUT2D eigenvalue weighted by molar-refractivity contribution is 9.10. The quantitative estimate of drug-likeness (QED) is 0.728. The minimum atomic E-state index is -0.210. The van der Waals surface area contributed by atoms with Gasteiger partial charge in [0.15, 0.2) is 0 Å². The molecule has 106 valence electrons. The molecule has 0 bridgehead atoms. The number of hydrogen-bond acceptors (Lipinski definition) is 1. The van der Waals surface area contributed by atoms with E-state index < -0.39 is 0 Å². The van der Waals surface area contributed by atoms with E-state index >= 15 is 0 Å². The molecule has 0 aromatic heterocycles. The Morgan fingerprint density at radius 3 is 2.60 bits per heavy atom. The van der Waals surface area contributed by atoms with Gasteiger partial charge in [0.2, 0.25) is 0 Å². The fourth-order valence-corrected chi connectivity index (χ4v) is 3.02. The molecule has 0 spiro atoms. The average molecular weight is 401 g/mol. The Kier molecular flexibility index (Phi) is 5.35. The fraction of sp³-hybridized carbons (Fsp3) is 0.250. The molecule has 0 aliphatic heterocycles. The van der Waals surface area contributed by atoms with Crippen molar-refractivity contribution in [3.8, 4) is 0 Å². The summed E-state index contributed by atoms with van der Waals surface area (Å²) in [5, 5.41) is 3.37. The molecule has 2 rings (SSSR count). The molecule has 4 heteroatoms. The summed E-state index contributed by atoms with van der Waals surface area (Å²) in [6, 6.07) is 11.3. The maximum absolute atomic E-state index is 14.4. The van der Waals surface area contributed by atoms with Gasteiger partial charge in [0.25, 0.3) is 0 Å². The molecule has 0 saturated carbocycles. The largest absolute Gasteiger partial charge is 0.306 e. The lowest BCUT2D eigenvalue weighted by molar-refractivity contribution is 0.553. The van der Waals surface area contributed by atoms with E-state index in [2.05, 4.69) is 37.2 Å². The van der Waals surface area contributed by atoms with E-state index in [9.17, 15) is 4.39 Å². The maximum Gasteiger partial charge on any atom is 0.142 e. The van der Waals surface area contributed by atoms with Gasteiger partial charge in [0, 0.05) is 10.0 Å². The number of halogens is 3. The lowest BCUT2D eigenvalue weighted by Gasteiger charge is -2.22. The molecule has 1 nitrogen and oxygen atoms in total. The molecule has 20 heavy (non-hydrogen) atoms. The van der Waals surface area contributed by atoms with Crippen LogP contribution in [0.2, 0.25) is 0 Å². The second-order valence-electron chi connectivity index (χ2n) is 4.63. The first-order valence-corrected chi connectivity index (χ1v) is 8.06. The molecule has 0 aliphatic carbocycles. The summed E-state index contributed by atoms with van der Waals surface area (Å²) in [4.78, 5) is 0. The molecule has 0 aliphatic rings. The normalized spacial score (nSPS) is 12.4. The third kappa shape index (κ3) is 3.30. The van der Waals surface area contributed by atoms with Crippen molar-refractivity contribution in [2.24, 2.45) is 0 Å². The maximum atomic E-state index is 14.4. The third-order valence-electron chi connectivity index (χ3n) is 3.25. The monoisotopic (exact) mass is 399 g/mol. The molecule has 0 fully saturated rings. The lowest BCUT2D eigenvalue weighted by atomic mass is 9.94. The molecule has 0 heterocycles. The standard InChI is InChI=1S/C16H16Br2FN/c1-3-20-16(12-5-4-6-14(18)15(12)19)13-9-11(17)8-7-10(13)2/h4-9,16,20H,3H2,1-2H3. The van der Waals surface area contributed by atoms with E-state index in [1.165, 1.54) is 0 Å².